The van der Waals surface area contributed by atoms with Crippen molar-refractivity contribution in [2.24, 2.45) is 0 Å². The van der Waals surface area contributed by atoms with Gasteiger partial charge in [-0.2, -0.15) is 18.4 Å². The first-order chi connectivity index (χ1) is 13.8. The molecule has 8 heteroatoms. The number of nitrogens with zero attached hydrogens (tertiary/aromatic N) is 1. The van der Waals surface area contributed by atoms with E-state index in [-0.39, 0.29) is 17.1 Å². The molecule has 0 aliphatic heterocycles. The van der Waals surface area contributed by atoms with Crippen LogP contribution in [0.4, 0.5) is 23.2 Å². The molecule has 2 N–H and O–H groups in total. The molecule has 0 atom stereocenters. The first-order valence-corrected chi connectivity index (χ1v) is 8.31. The number of amides is 1. The van der Waals surface area contributed by atoms with E-state index in [9.17, 15) is 27.6 Å². The van der Waals surface area contributed by atoms with Crippen LogP contribution in [-0.4, -0.2) is 10.9 Å². The molecule has 0 radical (unpaired) electrons. The van der Waals surface area contributed by atoms with E-state index in [1.807, 2.05) is 0 Å². The lowest BCUT2D eigenvalue weighted by Crippen LogP contribution is -2.14. The number of aromatic nitrogens is 1. The molecule has 3 aromatic rings. The van der Waals surface area contributed by atoms with Crippen LogP contribution in [0, 0.1) is 17.1 Å². The summed E-state index contributed by atoms with van der Waals surface area (Å²) in [4.78, 5) is 15.3. The number of aromatic amines is 1. The van der Waals surface area contributed by atoms with Crippen molar-refractivity contribution < 1.29 is 22.4 Å². The van der Waals surface area contributed by atoms with Gasteiger partial charge in [0, 0.05) is 17.1 Å². The Morgan fingerprint density at radius 3 is 2.45 bits per heavy atom. The maximum absolute atomic E-state index is 13.0. The number of nitrogens with one attached hydrogen (secondary N) is 2. The summed E-state index contributed by atoms with van der Waals surface area (Å²) in [6.45, 7) is 0. The first kappa shape index (κ1) is 19.9. The van der Waals surface area contributed by atoms with Gasteiger partial charge in [0.25, 0.3) is 5.91 Å². The SMILES string of the molecule is N#CC(=Cc1ccc(-c2ccc(F)cc2)[nH]1)C(=O)Nc1cccc(C(F)(F)F)c1. The lowest BCUT2D eigenvalue weighted by molar-refractivity contribution is -0.137. The Labute approximate surface area is 163 Å². The topological polar surface area (TPSA) is 68.7 Å². The van der Waals surface area contributed by atoms with Crippen LogP contribution >= 0.6 is 0 Å². The van der Waals surface area contributed by atoms with E-state index in [4.69, 9.17) is 0 Å². The van der Waals surface area contributed by atoms with E-state index in [0.717, 1.165) is 18.2 Å². The van der Waals surface area contributed by atoms with E-state index in [0.29, 0.717) is 17.0 Å². The molecule has 0 bridgehead atoms. The van der Waals surface area contributed by atoms with Crippen LogP contribution in [-0.2, 0) is 11.0 Å². The van der Waals surface area contributed by atoms with Gasteiger partial charge in [-0.1, -0.05) is 6.07 Å². The summed E-state index contributed by atoms with van der Waals surface area (Å²) in [5.74, 6) is -1.22. The summed E-state index contributed by atoms with van der Waals surface area (Å²) < 4.78 is 51.4. The predicted molar refractivity (Wildman–Crippen MR) is 99.9 cm³/mol. The summed E-state index contributed by atoms with van der Waals surface area (Å²) in [7, 11) is 0. The van der Waals surface area contributed by atoms with Crippen LogP contribution in [0.2, 0.25) is 0 Å². The Balaban J connectivity index is 1.79. The van der Waals surface area contributed by atoms with Crippen molar-refractivity contribution in [2.45, 2.75) is 6.18 Å². The Morgan fingerprint density at radius 2 is 1.79 bits per heavy atom. The number of halogens is 4. The summed E-state index contributed by atoms with van der Waals surface area (Å²) in [5.41, 5.74) is 0.496. The fourth-order valence-corrected chi connectivity index (χ4v) is 2.57. The van der Waals surface area contributed by atoms with Crippen molar-refractivity contribution in [3.05, 3.63) is 83.3 Å². The molecule has 0 saturated heterocycles. The monoisotopic (exact) mass is 399 g/mol. The van der Waals surface area contributed by atoms with Crippen LogP contribution in [0.15, 0.2) is 66.2 Å². The third-order valence-electron chi connectivity index (χ3n) is 3.98. The second-order valence-corrected chi connectivity index (χ2v) is 6.04. The zero-order chi connectivity index (χ0) is 21.0. The van der Waals surface area contributed by atoms with Gasteiger partial charge in [0.05, 0.1) is 5.56 Å². The van der Waals surface area contributed by atoms with Crippen LogP contribution in [0.5, 0.6) is 0 Å². The molecule has 1 heterocycles. The number of carbonyl (C=O) groups is 1. The van der Waals surface area contributed by atoms with Crippen molar-refractivity contribution >= 4 is 17.7 Å². The molecular formula is C21H13F4N3O. The number of anilines is 1. The van der Waals surface area contributed by atoms with Crippen LogP contribution in [0.1, 0.15) is 11.3 Å². The van der Waals surface area contributed by atoms with Gasteiger partial charge in [0.15, 0.2) is 0 Å². The Hall–Kier alpha value is -3.86. The minimum absolute atomic E-state index is 0.0792. The average Bonchev–Trinajstić information content (AvgIpc) is 3.14. The van der Waals surface area contributed by atoms with E-state index in [1.54, 1.807) is 30.3 Å². The molecular weight excluding hydrogens is 386 g/mol. The Kier molecular flexibility index (Phi) is 5.50. The van der Waals surface area contributed by atoms with Crippen molar-refractivity contribution in [3.63, 3.8) is 0 Å². The van der Waals surface area contributed by atoms with Gasteiger partial charge >= 0.3 is 6.18 Å². The lowest BCUT2D eigenvalue weighted by Gasteiger charge is -2.09. The molecule has 4 nitrogen and oxygen atoms in total. The molecule has 3 rings (SSSR count). The number of hydrogen-bond donors (Lipinski definition) is 2. The molecule has 0 unspecified atom stereocenters. The highest BCUT2D eigenvalue weighted by atomic mass is 19.4. The van der Waals surface area contributed by atoms with Crippen molar-refractivity contribution in [3.8, 4) is 17.3 Å². The van der Waals surface area contributed by atoms with Crippen LogP contribution < -0.4 is 5.32 Å². The van der Waals surface area contributed by atoms with Crippen LogP contribution in [0.25, 0.3) is 17.3 Å². The molecule has 146 valence electrons. The predicted octanol–water partition coefficient (Wildman–Crippen LogP) is 5.39. The second kappa shape index (κ2) is 8.02. The largest absolute Gasteiger partial charge is 0.416 e. The Morgan fingerprint density at radius 1 is 1.07 bits per heavy atom. The highest BCUT2D eigenvalue weighted by Crippen LogP contribution is 2.30. The molecule has 0 spiro atoms. The summed E-state index contributed by atoms with van der Waals surface area (Å²) in [5, 5.41) is 11.5. The maximum atomic E-state index is 13.0. The smallest absolute Gasteiger partial charge is 0.355 e. The Bertz CT molecular complexity index is 1110. The average molecular weight is 399 g/mol. The van der Waals surface area contributed by atoms with Gasteiger partial charge in [-0.15, -0.1) is 0 Å². The third kappa shape index (κ3) is 4.90. The van der Waals surface area contributed by atoms with E-state index in [1.165, 1.54) is 24.3 Å². The summed E-state index contributed by atoms with van der Waals surface area (Å²) in [6, 6.07) is 14.9. The number of rotatable bonds is 4. The normalized spacial score (nSPS) is 11.8. The van der Waals surface area contributed by atoms with E-state index < -0.39 is 17.6 Å². The molecule has 0 fully saturated rings. The fraction of sp³-hybridized carbons (Fsp3) is 0.0476. The molecule has 29 heavy (non-hydrogen) atoms. The number of nitriles is 1. The minimum atomic E-state index is -4.55. The quantitative estimate of drug-likeness (QED) is 0.351. The van der Waals surface area contributed by atoms with Gasteiger partial charge < -0.3 is 10.3 Å². The first-order valence-electron chi connectivity index (χ1n) is 8.31. The molecule has 0 saturated carbocycles. The zero-order valence-corrected chi connectivity index (χ0v) is 14.7. The highest BCUT2D eigenvalue weighted by Gasteiger charge is 2.30. The van der Waals surface area contributed by atoms with Crippen molar-refractivity contribution in [2.75, 3.05) is 5.32 Å². The molecule has 1 aromatic heterocycles. The lowest BCUT2D eigenvalue weighted by atomic mass is 10.1. The fourth-order valence-electron chi connectivity index (χ4n) is 2.57. The number of alkyl halides is 3. The molecule has 2 aromatic carbocycles. The molecule has 1 amide bonds. The van der Waals surface area contributed by atoms with E-state index >= 15 is 0 Å². The van der Waals surface area contributed by atoms with Gasteiger partial charge in [-0.3, -0.25) is 4.79 Å². The van der Waals surface area contributed by atoms with Gasteiger partial charge in [0.1, 0.15) is 17.5 Å². The van der Waals surface area contributed by atoms with Crippen molar-refractivity contribution in [1.82, 2.24) is 4.98 Å². The number of benzene rings is 2. The number of carbonyl (C=O) groups excluding carboxylic acids is 1. The number of hydrogen-bond acceptors (Lipinski definition) is 2. The minimum Gasteiger partial charge on any atom is -0.355 e. The summed E-state index contributed by atoms with van der Waals surface area (Å²) >= 11 is 0. The molecule has 0 aliphatic rings. The molecule has 0 aliphatic carbocycles. The van der Waals surface area contributed by atoms with E-state index in [2.05, 4.69) is 10.3 Å². The van der Waals surface area contributed by atoms with Gasteiger partial charge in [-0.05, 0) is 66.2 Å². The van der Waals surface area contributed by atoms with Crippen molar-refractivity contribution in [1.29, 1.82) is 5.26 Å². The zero-order valence-electron chi connectivity index (χ0n) is 14.7. The van der Waals surface area contributed by atoms with Gasteiger partial charge in [0.2, 0.25) is 0 Å². The summed E-state index contributed by atoms with van der Waals surface area (Å²) in [6.07, 6.45) is -3.27. The number of H-pyrrole nitrogens is 1. The van der Waals surface area contributed by atoms with Gasteiger partial charge in [-0.25, -0.2) is 4.39 Å². The standard InChI is InChI=1S/C21H13F4N3O/c22-16-6-4-13(5-7-16)19-9-8-18(27-19)10-14(12-26)20(29)28-17-3-1-2-15(11-17)21(23,24)25/h1-11,27H,(H,28,29). The van der Waals surface area contributed by atoms with Crippen LogP contribution in [0.3, 0.4) is 0 Å². The maximum Gasteiger partial charge on any atom is 0.416 e. The third-order valence-corrected chi connectivity index (χ3v) is 3.98. The highest BCUT2D eigenvalue weighted by molar-refractivity contribution is 6.09. The second-order valence-electron chi connectivity index (χ2n) is 6.04.